The molecule has 0 bridgehead atoms. The summed E-state index contributed by atoms with van der Waals surface area (Å²) in [5, 5.41) is 11.8. The molecule has 1 unspecified atom stereocenters. The molecule has 1 heterocycles. The lowest BCUT2D eigenvalue weighted by atomic mass is 10.2. The number of rotatable bonds is 4. The molecule has 2 N–H and O–H groups in total. The number of carboxylic acid groups (broad SMARTS) is 1. The molecule has 2 rings (SSSR count). The fourth-order valence-electron chi connectivity index (χ4n) is 1.74. The molecule has 1 atom stereocenters. The zero-order chi connectivity index (χ0) is 13.1. The molecule has 0 spiro atoms. The summed E-state index contributed by atoms with van der Waals surface area (Å²) in [6, 6.07) is 4.28. The molecule has 1 aliphatic rings. The highest BCUT2D eigenvalue weighted by molar-refractivity contribution is 6.32. The first-order valence-electron chi connectivity index (χ1n) is 5.51. The molecule has 0 saturated carbocycles. The highest BCUT2D eigenvalue weighted by Gasteiger charge is 2.21. The van der Waals surface area contributed by atoms with Crippen molar-refractivity contribution in [1.29, 1.82) is 0 Å². The van der Waals surface area contributed by atoms with Crippen molar-refractivity contribution < 1.29 is 19.4 Å². The second-order valence-electron chi connectivity index (χ2n) is 4.06. The Morgan fingerprint density at radius 3 is 2.89 bits per heavy atom. The Kier molecular flexibility index (Phi) is 3.72. The van der Waals surface area contributed by atoms with Crippen LogP contribution in [-0.4, -0.2) is 29.6 Å². The van der Waals surface area contributed by atoms with E-state index < -0.39 is 5.97 Å². The summed E-state index contributed by atoms with van der Waals surface area (Å²) >= 11 is 5.91. The molecular weight excluding hydrogens is 258 g/mol. The van der Waals surface area contributed by atoms with Gasteiger partial charge in [-0.05, 0) is 24.6 Å². The van der Waals surface area contributed by atoms with Crippen molar-refractivity contribution in [3.8, 4) is 5.75 Å². The molecule has 1 aromatic carbocycles. The van der Waals surface area contributed by atoms with E-state index in [1.54, 1.807) is 0 Å². The van der Waals surface area contributed by atoms with Gasteiger partial charge < -0.3 is 15.2 Å². The van der Waals surface area contributed by atoms with Gasteiger partial charge in [0.25, 0.3) is 0 Å². The van der Waals surface area contributed by atoms with Crippen LogP contribution >= 0.6 is 11.6 Å². The summed E-state index contributed by atoms with van der Waals surface area (Å²) in [6.45, 7) is 0.331. The van der Waals surface area contributed by atoms with E-state index in [1.807, 2.05) is 0 Å². The van der Waals surface area contributed by atoms with Gasteiger partial charge in [0.1, 0.15) is 12.4 Å². The monoisotopic (exact) mass is 269 g/mol. The molecule has 6 heteroatoms. The van der Waals surface area contributed by atoms with Gasteiger partial charge in [-0.25, -0.2) is 4.79 Å². The summed E-state index contributed by atoms with van der Waals surface area (Å²) in [6.07, 6.45) is 1.25. The van der Waals surface area contributed by atoms with Crippen LogP contribution in [0.4, 0.5) is 0 Å². The van der Waals surface area contributed by atoms with Gasteiger partial charge in [0.2, 0.25) is 5.91 Å². The number of carbonyl (C=O) groups excluding carboxylic acids is 1. The Bertz CT molecular complexity index is 489. The van der Waals surface area contributed by atoms with E-state index in [1.165, 1.54) is 18.2 Å². The van der Waals surface area contributed by atoms with Crippen LogP contribution in [0.1, 0.15) is 23.2 Å². The lowest BCUT2D eigenvalue weighted by Gasteiger charge is -2.13. The van der Waals surface area contributed by atoms with Crippen LogP contribution in [0, 0.1) is 0 Å². The zero-order valence-corrected chi connectivity index (χ0v) is 10.2. The average molecular weight is 270 g/mol. The number of hydrogen-bond donors (Lipinski definition) is 2. The van der Waals surface area contributed by atoms with Gasteiger partial charge in [0.05, 0.1) is 16.6 Å². The minimum Gasteiger partial charge on any atom is -0.490 e. The van der Waals surface area contributed by atoms with Crippen molar-refractivity contribution in [3.05, 3.63) is 28.8 Å². The second-order valence-corrected chi connectivity index (χ2v) is 4.47. The molecular formula is C12H12ClNO4. The molecule has 1 amide bonds. The number of benzene rings is 1. The molecule has 0 aromatic heterocycles. The quantitative estimate of drug-likeness (QED) is 0.872. The predicted octanol–water partition coefficient (Wildman–Crippen LogP) is 1.70. The van der Waals surface area contributed by atoms with Crippen molar-refractivity contribution in [2.24, 2.45) is 0 Å². The number of amides is 1. The van der Waals surface area contributed by atoms with E-state index in [0.717, 1.165) is 6.42 Å². The molecule has 0 radical (unpaired) electrons. The van der Waals surface area contributed by atoms with E-state index in [-0.39, 0.29) is 22.5 Å². The Balaban J connectivity index is 1.97. The largest absolute Gasteiger partial charge is 0.490 e. The number of halogens is 1. The first kappa shape index (κ1) is 12.7. The van der Waals surface area contributed by atoms with Gasteiger partial charge in [-0.15, -0.1) is 0 Å². The minimum absolute atomic E-state index is 0.00674. The first-order chi connectivity index (χ1) is 8.56. The topological polar surface area (TPSA) is 75.6 Å². The maximum Gasteiger partial charge on any atom is 0.335 e. The molecule has 0 aliphatic carbocycles. The molecule has 1 saturated heterocycles. The summed E-state index contributed by atoms with van der Waals surface area (Å²) in [4.78, 5) is 21.7. The van der Waals surface area contributed by atoms with Crippen molar-refractivity contribution in [2.45, 2.75) is 18.9 Å². The molecule has 1 aliphatic heterocycles. The van der Waals surface area contributed by atoms with E-state index in [2.05, 4.69) is 5.32 Å². The Morgan fingerprint density at radius 1 is 1.56 bits per heavy atom. The summed E-state index contributed by atoms with van der Waals surface area (Å²) < 4.78 is 5.46. The van der Waals surface area contributed by atoms with Crippen LogP contribution in [0.5, 0.6) is 5.75 Å². The van der Waals surface area contributed by atoms with Gasteiger partial charge >= 0.3 is 5.97 Å². The number of aromatic carboxylic acids is 1. The second kappa shape index (κ2) is 5.27. The summed E-state index contributed by atoms with van der Waals surface area (Å²) in [7, 11) is 0. The Morgan fingerprint density at radius 2 is 2.33 bits per heavy atom. The normalized spacial score (nSPS) is 18.5. The Labute approximate surface area is 109 Å². The van der Waals surface area contributed by atoms with E-state index in [9.17, 15) is 9.59 Å². The average Bonchev–Trinajstić information content (AvgIpc) is 2.73. The van der Waals surface area contributed by atoms with Crippen LogP contribution in [-0.2, 0) is 4.79 Å². The van der Waals surface area contributed by atoms with Crippen LogP contribution in [0.2, 0.25) is 5.02 Å². The smallest absolute Gasteiger partial charge is 0.335 e. The van der Waals surface area contributed by atoms with Crippen molar-refractivity contribution in [2.75, 3.05) is 6.61 Å². The molecule has 1 fully saturated rings. The van der Waals surface area contributed by atoms with E-state index in [0.29, 0.717) is 18.8 Å². The number of ether oxygens (including phenoxy) is 1. The van der Waals surface area contributed by atoms with E-state index in [4.69, 9.17) is 21.4 Å². The Hall–Kier alpha value is -1.75. The lowest BCUT2D eigenvalue weighted by Crippen LogP contribution is -2.30. The molecule has 1 aromatic rings. The maximum atomic E-state index is 11.0. The number of carbonyl (C=O) groups is 2. The third-order valence-corrected chi connectivity index (χ3v) is 3.00. The van der Waals surface area contributed by atoms with Crippen molar-refractivity contribution >= 4 is 23.5 Å². The number of carboxylic acids is 1. The van der Waals surface area contributed by atoms with Crippen LogP contribution in [0.3, 0.4) is 0 Å². The molecule has 96 valence electrons. The fourth-order valence-corrected chi connectivity index (χ4v) is 1.98. The fraction of sp³-hybridized carbons (Fsp3) is 0.333. The highest BCUT2D eigenvalue weighted by Crippen LogP contribution is 2.26. The van der Waals surface area contributed by atoms with Gasteiger partial charge in [-0.2, -0.15) is 0 Å². The van der Waals surface area contributed by atoms with E-state index >= 15 is 0 Å². The SMILES string of the molecule is O=C1CCC(COc2ccc(C(=O)O)cc2Cl)N1. The highest BCUT2D eigenvalue weighted by atomic mass is 35.5. The third kappa shape index (κ3) is 2.92. The number of hydrogen-bond acceptors (Lipinski definition) is 3. The van der Waals surface area contributed by atoms with Gasteiger partial charge in [-0.3, -0.25) is 4.79 Å². The third-order valence-electron chi connectivity index (χ3n) is 2.70. The minimum atomic E-state index is -1.04. The van der Waals surface area contributed by atoms with Gasteiger partial charge in [0.15, 0.2) is 0 Å². The van der Waals surface area contributed by atoms with Gasteiger partial charge in [0, 0.05) is 6.42 Å². The maximum absolute atomic E-state index is 11.0. The van der Waals surface area contributed by atoms with Crippen LogP contribution < -0.4 is 10.1 Å². The molecule has 5 nitrogen and oxygen atoms in total. The predicted molar refractivity (Wildman–Crippen MR) is 65.1 cm³/mol. The lowest BCUT2D eigenvalue weighted by molar-refractivity contribution is -0.119. The summed E-state index contributed by atoms with van der Waals surface area (Å²) in [5.41, 5.74) is 0.113. The molecule has 18 heavy (non-hydrogen) atoms. The standard InChI is InChI=1S/C12H12ClNO4/c13-9-5-7(12(16)17)1-3-10(9)18-6-8-2-4-11(15)14-8/h1,3,5,8H,2,4,6H2,(H,14,15)(H,16,17). The van der Waals surface area contributed by atoms with Gasteiger partial charge in [-0.1, -0.05) is 11.6 Å². The van der Waals surface area contributed by atoms with Crippen molar-refractivity contribution in [1.82, 2.24) is 5.32 Å². The van der Waals surface area contributed by atoms with Crippen molar-refractivity contribution in [3.63, 3.8) is 0 Å². The van der Waals surface area contributed by atoms with Crippen LogP contribution in [0.15, 0.2) is 18.2 Å². The van der Waals surface area contributed by atoms with Crippen LogP contribution in [0.25, 0.3) is 0 Å². The first-order valence-corrected chi connectivity index (χ1v) is 5.89. The zero-order valence-electron chi connectivity index (χ0n) is 9.48. The number of nitrogens with one attached hydrogen (secondary N) is 1. The summed E-state index contributed by atoms with van der Waals surface area (Å²) in [5.74, 6) is -0.592.